The number of nitrogens with two attached hydrogens (primary N) is 1. The average Bonchev–Trinajstić information content (AvgIpc) is 2.94. The van der Waals surface area contributed by atoms with Crippen LogP contribution in [0, 0.1) is 0 Å². The van der Waals surface area contributed by atoms with Crippen molar-refractivity contribution in [1.29, 1.82) is 0 Å². The SMILES string of the molecule is CCS(=O)(=O)c1ccc(CN=C(N)N2CCOC(C)C2)s1.I. The summed E-state index contributed by atoms with van der Waals surface area (Å²) in [5.74, 6) is 0.600. The zero-order valence-electron chi connectivity index (χ0n) is 12.7. The van der Waals surface area contributed by atoms with Crippen LogP contribution in [0.1, 0.15) is 18.7 Å². The summed E-state index contributed by atoms with van der Waals surface area (Å²) in [6.45, 7) is 6.16. The summed E-state index contributed by atoms with van der Waals surface area (Å²) < 4.78 is 29.4. The van der Waals surface area contributed by atoms with Gasteiger partial charge in [-0.15, -0.1) is 35.3 Å². The van der Waals surface area contributed by atoms with Gasteiger partial charge in [0.2, 0.25) is 0 Å². The molecule has 1 fully saturated rings. The first kappa shape index (κ1) is 19.7. The summed E-state index contributed by atoms with van der Waals surface area (Å²) >= 11 is 1.26. The maximum absolute atomic E-state index is 11.8. The third-order valence-electron chi connectivity index (χ3n) is 3.29. The summed E-state index contributed by atoms with van der Waals surface area (Å²) in [5.41, 5.74) is 5.98. The summed E-state index contributed by atoms with van der Waals surface area (Å²) in [6.07, 6.45) is 0.149. The minimum absolute atomic E-state index is 0. The molecule has 1 aliphatic rings. The predicted octanol–water partition coefficient (Wildman–Crippen LogP) is 1.70. The first-order valence-electron chi connectivity index (χ1n) is 6.90. The smallest absolute Gasteiger partial charge is 0.191 e. The Morgan fingerprint density at radius 2 is 2.27 bits per heavy atom. The van der Waals surface area contributed by atoms with Crippen LogP contribution in [-0.4, -0.2) is 50.8 Å². The number of sulfone groups is 1. The van der Waals surface area contributed by atoms with Crippen LogP contribution < -0.4 is 5.73 Å². The predicted molar refractivity (Wildman–Crippen MR) is 99.8 cm³/mol. The first-order chi connectivity index (χ1) is 9.92. The van der Waals surface area contributed by atoms with Crippen molar-refractivity contribution in [2.24, 2.45) is 10.7 Å². The Balaban J connectivity index is 0.00000242. The lowest BCUT2D eigenvalue weighted by atomic mass is 10.3. The van der Waals surface area contributed by atoms with Gasteiger partial charge in [0.1, 0.15) is 4.21 Å². The van der Waals surface area contributed by atoms with Gasteiger partial charge in [0.15, 0.2) is 15.8 Å². The molecule has 2 heterocycles. The zero-order chi connectivity index (χ0) is 15.5. The zero-order valence-corrected chi connectivity index (χ0v) is 16.7. The van der Waals surface area contributed by atoms with E-state index in [4.69, 9.17) is 10.5 Å². The Morgan fingerprint density at radius 3 is 2.91 bits per heavy atom. The van der Waals surface area contributed by atoms with Gasteiger partial charge in [-0.1, -0.05) is 6.92 Å². The van der Waals surface area contributed by atoms with E-state index in [9.17, 15) is 8.42 Å². The van der Waals surface area contributed by atoms with E-state index < -0.39 is 9.84 Å². The van der Waals surface area contributed by atoms with Crippen LogP contribution in [0.25, 0.3) is 0 Å². The monoisotopic (exact) mass is 459 g/mol. The van der Waals surface area contributed by atoms with Gasteiger partial charge in [-0.05, 0) is 19.1 Å². The number of nitrogens with zero attached hydrogens (tertiary/aromatic N) is 2. The molecule has 0 aromatic carbocycles. The van der Waals surface area contributed by atoms with Crippen molar-refractivity contribution in [3.8, 4) is 0 Å². The lowest BCUT2D eigenvalue weighted by molar-refractivity contribution is 0.00529. The van der Waals surface area contributed by atoms with Crippen molar-refractivity contribution >= 4 is 51.1 Å². The number of guanidine groups is 1. The fourth-order valence-corrected chi connectivity index (χ4v) is 4.44. The number of aliphatic imine (C=N–C) groups is 1. The van der Waals surface area contributed by atoms with Crippen molar-refractivity contribution in [2.75, 3.05) is 25.4 Å². The quantitative estimate of drug-likeness (QED) is 0.421. The highest BCUT2D eigenvalue weighted by Crippen LogP contribution is 2.23. The molecule has 22 heavy (non-hydrogen) atoms. The molecule has 2 N–H and O–H groups in total. The molecule has 1 atom stereocenters. The third-order valence-corrected chi connectivity index (χ3v) is 6.67. The van der Waals surface area contributed by atoms with Gasteiger partial charge >= 0.3 is 0 Å². The van der Waals surface area contributed by atoms with Crippen molar-refractivity contribution in [3.05, 3.63) is 17.0 Å². The van der Waals surface area contributed by atoms with Crippen LogP contribution in [0.4, 0.5) is 0 Å². The minimum Gasteiger partial charge on any atom is -0.375 e. The van der Waals surface area contributed by atoms with Gasteiger partial charge in [-0.2, -0.15) is 0 Å². The maximum Gasteiger partial charge on any atom is 0.191 e. The summed E-state index contributed by atoms with van der Waals surface area (Å²) in [6, 6.07) is 3.44. The number of hydrogen-bond acceptors (Lipinski definition) is 5. The molecule has 0 saturated carbocycles. The van der Waals surface area contributed by atoms with E-state index in [2.05, 4.69) is 4.99 Å². The normalized spacial score (nSPS) is 19.8. The molecule has 1 aromatic heterocycles. The summed E-state index contributed by atoms with van der Waals surface area (Å²) in [4.78, 5) is 7.24. The van der Waals surface area contributed by atoms with E-state index in [0.717, 1.165) is 18.0 Å². The van der Waals surface area contributed by atoms with Crippen LogP contribution in [0.15, 0.2) is 21.3 Å². The van der Waals surface area contributed by atoms with Gasteiger partial charge in [-0.3, -0.25) is 0 Å². The van der Waals surface area contributed by atoms with Crippen LogP contribution >= 0.6 is 35.3 Å². The van der Waals surface area contributed by atoms with Crippen LogP contribution in [0.5, 0.6) is 0 Å². The number of thiophene rings is 1. The minimum atomic E-state index is -3.13. The van der Waals surface area contributed by atoms with Gasteiger partial charge in [-0.25, -0.2) is 13.4 Å². The summed E-state index contributed by atoms with van der Waals surface area (Å²) in [7, 11) is -3.13. The third kappa shape index (κ3) is 5.07. The number of morpholine rings is 1. The molecule has 1 aromatic rings. The van der Waals surface area contributed by atoms with Crippen molar-refractivity contribution < 1.29 is 13.2 Å². The van der Waals surface area contributed by atoms with Crippen molar-refractivity contribution in [1.82, 2.24) is 4.90 Å². The molecular weight excluding hydrogens is 437 g/mol. The molecule has 0 spiro atoms. The van der Waals surface area contributed by atoms with Gasteiger partial charge in [0.25, 0.3) is 0 Å². The number of hydrogen-bond donors (Lipinski definition) is 1. The lowest BCUT2D eigenvalue weighted by Crippen LogP contribution is -2.47. The largest absolute Gasteiger partial charge is 0.375 e. The molecule has 1 aliphatic heterocycles. The Morgan fingerprint density at radius 1 is 1.55 bits per heavy atom. The highest BCUT2D eigenvalue weighted by molar-refractivity contribution is 14.0. The topological polar surface area (TPSA) is 85.0 Å². The van der Waals surface area contributed by atoms with Crippen molar-refractivity contribution in [3.63, 3.8) is 0 Å². The van der Waals surface area contributed by atoms with E-state index in [1.807, 2.05) is 11.8 Å². The van der Waals surface area contributed by atoms with Crippen LogP contribution in [0.2, 0.25) is 0 Å². The second kappa shape index (κ2) is 8.46. The highest BCUT2D eigenvalue weighted by Gasteiger charge is 2.18. The second-order valence-electron chi connectivity index (χ2n) is 4.93. The number of ether oxygens (including phenoxy) is 1. The molecule has 126 valence electrons. The Kier molecular flexibility index (Phi) is 7.56. The van der Waals surface area contributed by atoms with Crippen molar-refractivity contribution in [2.45, 2.75) is 30.7 Å². The molecule has 9 heteroatoms. The lowest BCUT2D eigenvalue weighted by Gasteiger charge is -2.31. The standard InChI is InChI=1S/C13H21N3O3S2.HI/c1-3-21(17,18)12-5-4-11(20-12)8-15-13(14)16-6-7-19-10(2)9-16;/h4-5,10H,3,6-9H2,1-2H3,(H2,14,15);1H. The fraction of sp³-hybridized carbons (Fsp3) is 0.615. The average molecular weight is 459 g/mol. The first-order valence-corrected chi connectivity index (χ1v) is 9.37. The van der Waals surface area contributed by atoms with Gasteiger partial charge < -0.3 is 15.4 Å². The van der Waals surface area contributed by atoms with Gasteiger partial charge in [0, 0.05) is 18.0 Å². The van der Waals surface area contributed by atoms with E-state index in [0.29, 0.717) is 23.3 Å². The molecular formula is C13H22IN3O3S2. The highest BCUT2D eigenvalue weighted by atomic mass is 127. The maximum atomic E-state index is 11.8. The van der Waals surface area contributed by atoms with E-state index in [1.54, 1.807) is 19.1 Å². The molecule has 0 radical (unpaired) electrons. The van der Waals surface area contributed by atoms with E-state index in [1.165, 1.54) is 11.3 Å². The molecule has 1 saturated heterocycles. The van der Waals surface area contributed by atoms with Crippen LogP contribution in [0.3, 0.4) is 0 Å². The molecule has 0 aliphatic carbocycles. The Hall–Kier alpha value is -0.390. The van der Waals surface area contributed by atoms with E-state index in [-0.39, 0.29) is 35.8 Å². The second-order valence-corrected chi connectivity index (χ2v) is 8.60. The van der Waals surface area contributed by atoms with Gasteiger partial charge in [0.05, 0.1) is 25.0 Å². The number of rotatable bonds is 4. The van der Waals surface area contributed by atoms with E-state index >= 15 is 0 Å². The molecule has 0 amide bonds. The van der Waals surface area contributed by atoms with Crippen LogP contribution in [-0.2, 0) is 21.1 Å². The fourth-order valence-electron chi connectivity index (χ4n) is 2.04. The molecule has 2 rings (SSSR count). The molecule has 0 bridgehead atoms. The molecule has 6 nitrogen and oxygen atoms in total. The molecule has 1 unspecified atom stereocenters. The number of halogens is 1. The Labute approximate surface area is 152 Å². The summed E-state index contributed by atoms with van der Waals surface area (Å²) in [5, 5.41) is 0. The Bertz CT molecular complexity index is 616.